The summed E-state index contributed by atoms with van der Waals surface area (Å²) in [5.74, 6) is 0.295. The number of hydrogen-bond donors (Lipinski definition) is 1. The molecule has 2 rings (SSSR count). The van der Waals surface area contributed by atoms with E-state index in [0.717, 1.165) is 12.8 Å². The molecule has 1 saturated carbocycles. The molecule has 0 aromatic heterocycles. The Morgan fingerprint density at radius 2 is 1.88 bits per heavy atom. The quantitative estimate of drug-likeness (QED) is 0.818. The van der Waals surface area contributed by atoms with E-state index < -0.39 is 0 Å². The molecule has 0 saturated heterocycles. The van der Waals surface area contributed by atoms with Gasteiger partial charge in [0.2, 0.25) is 0 Å². The van der Waals surface area contributed by atoms with Crippen LogP contribution in [0.4, 0.5) is 4.39 Å². The first-order valence-corrected chi connectivity index (χ1v) is 6.35. The molecule has 0 aliphatic heterocycles. The molecule has 2 nitrogen and oxygen atoms in total. The molecule has 1 aliphatic rings. The van der Waals surface area contributed by atoms with Crippen molar-refractivity contribution in [3.63, 3.8) is 0 Å². The predicted octanol–water partition coefficient (Wildman–Crippen LogP) is 3.42. The van der Waals surface area contributed by atoms with Gasteiger partial charge in [0.25, 0.3) is 0 Å². The van der Waals surface area contributed by atoms with Crippen molar-refractivity contribution in [2.24, 2.45) is 0 Å². The largest absolute Gasteiger partial charge is 0.490 e. The highest BCUT2D eigenvalue weighted by Gasteiger charge is 2.15. The maximum atomic E-state index is 13.0. The molecule has 3 heteroatoms. The fourth-order valence-corrected chi connectivity index (χ4v) is 2.33. The molecule has 94 valence electrons. The maximum Gasteiger partial charge on any atom is 0.125 e. The standard InChI is InChI=1S/C14H19FO2/c15-12-7-8-14(11(9-12)10-16)17-13-5-3-1-2-4-6-13/h7-9,13,16H,1-6,10H2. The minimum atomic E-state index is -0.331. The lowest BCUT2D eigenvalue weighted by atomic mass is 10.1. The molecular formula is C14H19FO2. The number of aliphatic hydroxyl groups excluding tert-OH is 1. The first-order valence-electron chi connectivity index (χ1n) is 6.35. The van der Waals surface area contributed by atoms with Crippen LogP contribution in [-0.4, -0.2) is 11.2 Å². The number of halogens is 1. The van der Waals surface area contributed by atoms with Crippen molar-refractivity contribution >= 4 is 0 Å². The Morgan fingerprint density at radius 3 is 2.53 bits per heavy atom. The number of rotatable bonds is 3. The van der Waals surface area contributed by atoms with Crippen molar-refractivity contribution < 1.29 is 14.2 Å². The van der Waals surface area contributed by atoms with E-state index in [4.69, 9.17) is 4.74 Å². The van der Waals surface area contributed by atoms with E-state index in [0.29, 0.717) is 11.3 Å². The summed E-state index contributed by atoms with van der Waals surface area (Å²) >= 11 is 0. The highest BCUT2D eigenvalue weighted by molar-refractivity contribution is 5.33. The zero-order valence-corrected chi connectivity index (χ0v) is 9.99. The van der Waals surface area contributed by atoms with Gasteiger partial charge in [-0.1, -0.05) is 12.8 Å². The van der Waals surface area contributed by atoms with Gasteiger partial charge in [-0.2, -0.15) is 0 Å². The van der Waals surface area contributed by atoms with E-state index in [9.17, 15) is 9.50 Å². The lowest BCUT2D eigenvalue weighted by Crippen LogP contribution is -2.16. The van der Waals surface area contributed by atoms with Gasteiger partial charge in [0, 0.05) is 5.56 Å². The van der Waals surface area contributed by atoms with Gasteiger partial charge in [-0.15, -0.1) is 0 Å². The minimum absolute atomic E-state index is 0.181. The summed E-state index contributed by atoms with van der Waals surface area (Å²) in [5, 5.41) is 9.18. The van der Waals surface area contributed by atoms with Crippen LogP contribution in [0.2, 0.25) is 0 Å². The van der Waals surface area contributed by atoms with Crippen molar-refractivity contribution in [3.8, 4) is 5.75 Å². The van der Waals surface area contributed by atoms with Gasteiger partial charge in [0.1, 0.15) is 11.6 Å². The molecule has 1 fully saturated rings. The summed E-state index contributed by atoms with van der Waals surface area (Å²) in [6.45, 7) is -0.181. The molecule has 0 atom stereocenters. The summed E-state index contributed by atoms with van der Waals surface area (Å²) in [7, 11) is 0. The second kappa shape index (κ2) is 6.01. The summed E-state index contributed by atoms with van der Waals surface area (Å²) in [6, 6.07) is 4.34. The summed E-state index contributed by atoms with van der Waals surface area (Å²) in [6.07, 6.45) is 7.27. The molecular weight excluding hydrogens is 219 g/mol. The smallest absolute Gasteiger partial charge is 0.125 e. The molecule has 0 unspecified atom stereocenters. The van der Waals surface area contributed by atoms with Crippen molar-refractivity contribution in [2.75, 3.05) is 0 Å². The predicted molar refractivity (Wildman–Crippen MR) is 64.4 cm³/mol. The summed E-state index contributed by atoms with van der Waals surface area (Å²) < 4.78 is 18.9. The van der Waals surface area contributed by atoms with Crippen LogP contribution in [0.1, 0.15) is 44.1 Å². The zero-order valence-electron chi connectivity index (χ0n) is 9.99. The van der Waals surface area contributed by atoms with Gasteiger partial charge in [0.15, 0.2) is 0 Å². The molecule has 1 aliphatic carbocycles. The van der Waals surface area contributed by atoms with Crippen LogP contribution in [0.15, 0.2) is 18.2 Å². The monoisotopic (exact) mass is 238 g/mol. The van der Waals surface area contributed by atoms with Crippen LogP contribution in [0.25, 0.3) is 0 Å². The molecule has 0 amide bonds. The Bertz CT molecular complexity index is 357. The fraction of sp³-hybridized carbons (Fsp3) is 0.571. The number of aliphatic hydroxyl groups is 1. The molecule has 0 bridgehead atoms. The highest BCUT2D eigenvalue weighted by Crippen LogP contribution is 2.26. The third-order valence-electron chi connectivity index (χ3n) is 3.29. The molecule has 0 heterocycles. The lowest BCUT2D eigenvalue weighted by molar-refractivity contribution is 0.176. The van der Waals surface area contributed by atoms with Crippen molar-refractivity contribution in [1.29, 1.82) is 0 Å². The SMILES string of the molecule is OCc1cc(F)ccc1OC1CCCCCC1. The van der Waals surface area contributed by atoms with Gasteiger partial charge < -0.3 is 9.84 Å². The van der Waals surface area contributed by atoms with E-state index in [1.807, 2.05) is 0 Å². The molecule has 17 heavy (non-hydrogen) atoms. The average molecular weight is 238 g/mol. The number of benzene rings is 1. The highest BCUT2D eigenvalue weighted by atomic mass is 19.1. The first-order chi connectivity index (χ1) is 8.29. The van der Waals surface area contributed by atoms with E-state index in [1.54, 1.807) is 6.07 Å². The Hall–Kier alpha value is -1.09. The summed E-state index contributed by atoms with van der Waals surface area (Å²) in [4.78, 5) is 0. The van der Waals surface area contributed by atoms with Crippen LogP contribution < -0.4 is 4.74 Å². The minimum Gasteiger partial charge on any atom is -0.490 e. The van der Waals surface area contributed by atoms with Gasteiger partial charge in [-0.3, -0.25) is 0 Å². The zero-order chi connectivity index (χ0) is 12.1. The van der Waals surface area contributed by atoms with Crippen LogP contribution >= 0.6 is 0 Å². The van der Waals surface area contributed by atoms with Crippen LogP contribution in [-0.2, 0) is 6.61 Å². The van der Waals surface area contributed by atoms with E-state index >= 15 is 0 Å². The van der Waals surface area contributed by atoms with Crippen molar-refractivity contribution in [3.05, 3.63) is 29.6 Å². The third-order valence-corrected chi connectivity index (χ3v) is 3.29. The van der Waals surface area contributed by atoms with Gasteiger partial charge in [-0.05, 0) is 43.9 Å². The Kier molecular flexibility index (Phi) is 4.37. The Labute approximate surface area is 101 Å². The number of hydrogen-bond acceptors (Lipinski definition) is 2. The fourth-order valence-electron chi connectivity index (χ4n) is 2.33. The van der Waals surface area contributed by atoms with Gasteiger partial charge in [-0.25, -0.2) is 4.39 Å². The molecule has 1 aromatic rings. The van der Waals surface area contributed by atoms with Crippen LogP contribution in [0.5, 0.6) is 5.75 Å². The maximum absolute atomic E-state index is 13.0. The normalized spacial score (nSPS) is 17.8. The summed E-state index contributed by atoms with van der Waals surface area (Å²) in [5.41, 5.74) is 0.536. The van der Waals surface area contributed by atoms with Crippen LogP contribution in [0, 0.1) is 5.82 Å². The van der Waals surface area contributed by atoms with Crippen molar-refractivity contribution in [1.82, 2.24) is 0 Å². The van der Waals surface area contributed by atoms with E-state index in [1.165, 1.54) is 37.8 Å². The van der Waals surface area contributed by atoms with Gasteiger partial charge in [0.05, 0.1) is 12.7 Å². The molecule has 1 N–H and O–H groups in total. The van der Waals surface area contributed by atoms with Crippen molar-refractivity contribution in [2.45, 2.75) is 51.2 Å². The topological polar surface area (TPSA) is 29.5 Å². The average Bonchev–Trinajstić information content (AvgIpc) is 2.60. The van der Waals surface area contributed by atoms with Crippen LogP contribution in [0.3, 0.4) is 0 Å². The van der Waals surface area contributed by atoms with E-state index in [2.05, 4.69) is 0 Å². The second-order valence-electron chi connectivity index (χ2n) is 4.64. The Balaban J connectivity index is 2.06. The molecule has 1 aromatic carbocycles. The number of ether oxygens (including phenoxy) is 1. The second-order valence-corrected chi connectivity index (χ2v) is 4.64. The molecule has 0 radical (unpaired) electrons. The molecule has 0 spiro atoms. The Morgan fingerprint density at radius 1 is 1.18 bits per heavy atom. The first kappa shape index (κ1) is 12.4. The lowest BCUT2D eigenvalue weighted by Gasteiger charge is -2.18. The van der Waals surface area contributed by atoms with E-state index in [-0.39, 0.29) is 18.5 Å². The van der Waals surface area contributed by atoms with Gasteiger partial charge >= 0.3 is 0 Å². The third kappa shape index (κ3) is 3.43.